The summed E-state index contributed by atoms with van der Waals surface area (Å²) < 4.78 is 1.71. The fourth-order valence-electron chi connectivity index (χ4n) is 6.25. The van der Waals surface area contributed by atoms with Crippen LogP contribution in [-0.4, -0.2) is 73.9 Å². The zero-order chi connectivity index (χ0) is 25.5. The van der Waals surface area contributed by atoms with Crippen molar-refractivity contribution in [3.05, 3.63) is 59.7 Å². The van der Waals surface area contributed by atoms with Gasteiger partial charge < -0.3 is 42.9 Å². The number of piperidine rings is 2. The summed E-state index contributed by atoms with van der Waals surface area (Å²) >= 11 is 0. The summed E-state index contributed by atoms with van der Waals surface area (Å²) in [5, 5.41) is 4.45. The highest BCUT2D eigenvalue weighted by molar-refractivity contribution is 6.11. The van der Waals surface area contributed by atoms with Gasteiger partial charge in [0.15, 0.2) is 0 Å². The molecule has 3 aromatic rings. The maximum atomic E-state index is 13.2. The van der Waals surface area contributed by atoms with Gasteiger partial charge in [0.1, 0.15) is 13.1 Å². The molecule has 38 heavy (non-hydrogen) atoms. The van der Waals surface area contributed by atoms with Crippen LogP contribution in [-0.2, 0) is 0 Å². The lowest BCUT2D eigenvalue weighted by Crippen LogP contribution is -3.00. The van der Waals surface area contributed by atoms with Crippen LogP contribution in [0.4, 0.5) is 0 Å². The number of fused-ring (bicyclic) bond motifs is 3. The molecule has 0 radical (unpaired) electrons. The lowest BCUT2D eigenvalue weighted by molar-refractivity contribution is -0.907. The molecule has 4 nitrogen and oxygen atoms in total. The molecule has 0 aliphatic carbocycles. The van der Waals surface area contributed by atoms with Crippen LogP contribution in [0.2, 0.25) is 0 Å². The van der Waals surface area contributed by atoms with Crippen molar-refractivity contribution in [3.63, 3.8) is 0 Å². The number of likely N-dealkylation sites (N-methyl/N-ethyl adjacent to an activating group) is 2. The average molecular weight is 647 g/mol. The minimum Gasteiger partial charge on any atom is -1.00 e. The molecule has 0 atom stereocenters. The maximum absolute atomic E-state index is 13.2. The van der Waals surface area contributed by atoms with Gasteiger partial charge in [-0.1, -0.05) is 50.2 Å². The van der Waals surface area contributed by atoms with Crippen molar-refractivity contribution in [1.82, 2.24) is 0 Å². The van der Waals surface area contributed by atoms with E-state index in [1.165, 1.54) is 25.7 Å². The van der Waals surface area contributed by atoms with E-state index >= 15 is 0 Å². The van der Waals surface area contributed by atoms with Crippen molar-refractivity contribution < 1.29 is 52.5 Å². The van der Waals surface area contributed by atoms with E-state index in [-0.39, 0.29) is 45.5 Å². The van der Waals surface area contributed by atoms with Crippen molar-refractivity contribution in [2.75, 3.05) is 53.4 Å². The summed E-state index contributed by atoms with van der Waals surface area (Å²) in [5.41, 5.74) is 1.61. The molecule has 0 saturated carbocycles. The number of hydrogen-bond acceptors (Lipinski definition) is 2. The van der Waals surface area contributed by atoms with Gasteiger partial charge in [-0.3, -0.25) is 9.59 Å². The molecule has 6 heteroatoms. The third kappa shape index (κ3) is 6.75. The van der Waals surface area contributed by atoms with Crippen LogP contribution in [0.25, 0.3) is 21.5 Å². The van der Waals surface area contributed by atoms with Crippen molar-refractivity contribution >= 4 is 33.1 Å². The Balaban J connectivity index is 0.00000200. The maximum Gasteiger partial charge on any atom is 0.216 e. The molecule has 0 unspecified atom stereocenters. The Hall–Kier alpha value is -1.60. The lowest BCUT2D eigenvalue weighted by atomic mass is 9.94. The van der Waals surface area contributed by atoms with Crippen molar-refractivity contribution in [1.29, 1.82) is 0 Å². The van der Waals surface area contributed by atoms with E-state index in [1.54, 1.807) is 0 Å². The van der Waals surface area contributed by atoms with Crippen LogP contribution in [0, 0.1) is 11.8 Å². The molecule has 2 heterocycles. The van der Waals surface area contributed by atoms with Crippen LogP contribution in [0.5, 0.6) is 0 Å². The van der Waals surface area contributed by atoms with Crippen LogP contribution >= 0.6 is 0 Å². The summed E-state index contributed by atoms with van der Waals surface area (Å²) in [6, 6.07) is 16.5. The van der Waals surface area contributed by atoms with Gasteiger partial charge in [-0.05, 0) is 71.2 Å². The van der Waals surface area contributed by atoms with Crippen LogP contribution in [0.3, 0.4) is 0 Å². The van der Waals surface area contributed by atoms with E-state index in [4.69, 9.17) is 0 Å². The topological polar surface area (TPSA) is 34.1 Å². The van der Waals surface area contributed by atoms with E-state index in [0.717, 1.165) is 79.7 Å². The first-order chi connectivity index (χ1) is 17.1. The molecule has 2 aliphatic heterocycles. The zero-order valence-electron chi connectivity index (χ0n) is 23.3. The SMILES string of the molecule is CC1CC[N+](C)(CC(=O)c2ccc3c(ccc4cc(C(=O)C[N+]5(C)CCC(C)CC5)ccc43)c2)CC1.[Br-].[Br-]. The van der Waals surface area contributed by atoms with Gasteiger partial charge in [0.05, 0.1) is 40.3 Å². The Kier molecular flexibility index (Phi) is 10.00. The molecule has 5 rings (SSSR count). The van der Waals surface area contributed by atoms with E-state index in [9.17, 15) is 9.59 Å². The fourth-order valence-corrected chi connectivity index (χ4v) is 6.25. The van der Waals surface area contributed by atoms with Gasteiger partial charge in [-0.15, -0.1) is 0 Å². The Morgan fingerprint density at radius 1 is 0.632 bits per heavy atom. The van der Waals surface area contributed by atoms with Gasteiger partial charge in [-0.2, -0.15) is 0 Å². The largest absolute Gasteiger partial charge is 1.00 e. The summed E-state index contributed by atoms with van der Waals surface area (Å²) in [5.74, 6) is 2.01. The minimum absolute atomic E-state index is 0. The molecule has 206 valence electrons. The van der Waals surface area contributed by atoms with E-state index in [0.29, 0.717) is 13.1 Å². The number of halogens is 2. The fraction of sp³-hybridized carbons (Fsp3) is 0.500. The summed E-state index contributed by atoms with van der Waals surface area (Å²) in [4.78, 5) is 26.4. The smallest absolute Gasteiger partial charge is 0.216 e. The quantitative estimate of drug-likeness (QED) is 0.217. The number of carbonyl (C=O) groups excluding carboxylic acids is 2. The minimum atomic E-state index is 0. The summed E-state index contributed by atoms with van der Waals surface area (Å²) in [7, 11) is 4.45. The molecule has 3 aromatic carbocycles. The molecule has 2 saturated heterocycles. The highest BCUT2D eigenvalue weighted by atomic mass is 79.9. The molecule has 2 fully saturated rings. The Labute approximate surface area is 249 Å². The Bertz CT molecular complexity index is 1200. The number of ketones is 2. The molecule has 2 aliphatic rings. The molecule has 0 aromatic heterocycles. The van der Waals surface area contributed by atoms with Gasteiger partial charge >= 0.3 is 0 Å². The molecule has 0 bridgehead atoms. The van der Waals surface area contributed by atoms with Crippen molar-refractivity contribution in [2.24, 2.45) is 11.8 Å². The molecule has 0 spiro atoms. The van der Waals surface area contributed by atoms with E-state index in [2.05, 4.69) is 64.3 Å². The monoisotopic (exact) mass is 644 g/mol. The van der Waals surface area contributed by atoms with Crippen molar-refractivity contribution in [2.45, 2.75) is 39.5 Å². The molecule has 0 amide bonds. The highest BCUT2D eigenvalue weighted by Crippen LogP contribution is 2.29. The van der Waals surface area contributed by atoms with Gasteiger partial charge in [0.25, 0.3) is 0 Å². The first-order valence-electron chi connectivity index (χ1n) is 13.8. The second-order valence-electron chi connectivity index (χ2n) is 12.6. The average Bonchev–Trinajstić information content (AvgIpc) is 2.87. The number of quaternary nitrogens is 2. The Morgan fingerprint density at radius 2 is 0.974 bits per heavy atom. The number of likely N-dealkylation sites (tertiary alicyclic amines) is 2. The highest BCUT2D eigenvalue weighted by Gasteiger charge is 2.32. The second-order valence-corrected chi connectivity index (χ2v) is 12.6. The lowest BCUT2D eigenvalue weighted by Gasteiger charge is -2.39. The molecular formula is C32H42Br2N2O2. The third-order valence-electron chi connectivity index (χ3n) is 9.18. The summed E-state index contributed by atoms with van der Waals surface area (Å²) in [6.45, 7) is 10.1. The number of hydrogen-bond donors (Lipinski definition) is 0. The Morgan fingerprint density at radius 3 is 1.32 bits per heavy atom. The second kappa shape index (κ2) is 12.3. The summed E-state index contributed by atoms with van der Waals surface area (Å²) in [6.07, 6.45) is 4.82. The predicted octanol–water partition coefficient (Wildman–Crippen LogP) is 0.119. The van der Waals surface area contributed by atoms with Gasteiger partial charge in [-0.25, -0.2) is 0 Å². The van der Waals surface area contributed by atoms with Crippen molar-refractivity contribution in [3.8, 4) is 0 Å². The van der Waals surface area contributed by atoms with Gasteiger partial charge in [0.2, 0.25) is 11.6 Å². The van der Waals surface area contributed by atoms with Crippen LogP contribution in [0.15, 0.2) is 48.5 Å². The number of rotatable bonds is 6. The number of carbonyl (C=O) groups is 2. The number of nitrogens with zero attached hydrogens (tertiary/aromatic N) is 2. The van der Waals surface area contributed by atoms with E-state index < -0.39 is 0 Å². The molecular weight excluding hydrogens is 604 g/mol. The standard InChI is InChI=1S/C32H42N2O2.2BrH/c1-23-11-15-33(3,16-12-23)21-31(35)27-7-9-29-25(19-27)5-6-26-20-28(8-10-30(26)29)32(36)22-34(4)17-13-24(2)14-18-34;;/h5-10,19-20,23-24H,11-18,21-22H2,1-4H3;2*1H/q+2;;/p-2. The third-order valence-corrected chi connectivity index (χ3v) is 9.18. The normalized spacial score (nSPS) is 27.4. The van der Waals surface area contributed by atoms with Crippen LogP contribution in [0.1, 0.15) is 60.2 Å². The van der Waals surface area contributed by atoms with Gasteiger partial charge in [0, 0.05) is 11.1 Å². The van der Waals surface area contributed by atoms with Crippen LogP contribution < -0.4 is 34.0 Å². The predicted molar refractivity (Wildman–Crippen MR) is 148 cm³/mol. The first kappa shape index (κ1) is 30.9. The number of benzene rings is 3. The first-order valence-corrected chi connectivity index (χ1v) is 13.8. The number of Topliss-reactive ketones (excluding diaryl/α,β-unsaturated/α-hetero) is 2. The molecule has 0 N–H and O–H groups in total. The zero-order valence-corrected chi connectivity index (χ0v) is 26.5. The van der Waals surface area contributed by atoms with E-state index in [1.807, 2.05) is 12.1 Å².